The molecule has 1 aromatic heterocycles. The van der Waals surface area contributed by atoms with Crippen LogP contribution in [-0.2, 0) is 23.2 Å². The second-order valence-corrected chi connectivity index (χ2v) is 11.0. The molecule has 5 rings (SSSR count). The van der Waals surface area contributed by atoms with E-state index in [1.165, 1.54) is 5.56 Å². The van der Waals surface area contributed by atoms with Crippen LogP contribution in [0.5, 0.6) is 5.75 Å². The largest absolute Gasteiger partial charge is 0.497 e. The summed E-state index contributed by atoms with van der Waals surface area (Å²) in [5, 5.41) is 0. The van der Waals surface area contributed by atoms with Crippen molar-refractivity contribution in [1.29, 1.82) is 0 Å². The predicted octanol–water partition coefficient (Wildman–Crippen LogP) is 3.99. The first kappa shape index (κ1) is 26.1. The third-order valence-electron chi connectivity index (χ3n) is 6.70. The highest BCUT2D eigenvalue weighted by Gasteiger charge is 2.26. The van der Waals surface area contributed by atoms with Crippen molar-refractivity contribution in [1.82, 2.24) is 24.3 Å². The smallest absolute Gasteiger partial charge is 0.277 e. The molecule has 9 heteroatoms. The molecule has 4 aromatic rings. The Labute approximate surface area is 224 Å². The topological polar surface area (TPSA) is 99.3 Å². The molecule has 2 heterocycles. The van der Waals surface area contributed by atoms with E-state index >= 15 is 0 Å². The molecule has 38 heavy (non-hydrogen) atoms. The van der Waals surface area contributed by atoms with Gasteiger partial charge in [0.25, 0.3) is 10.2 Å². The van der Waals surface area contributed by atoms with E-state index < -0.39 is 10.2 Å². The lowest BCUT2D eigenvalue weighted by molar-refractivity contribution is 0.324. The zero-order valence-electron chi connectivity index (χ0n) is 21.4. The van der Waals surface area contributed by atoms with Crippen LogP contribution < -0.4 is 14.2 Å². The molecule has 3 aromatic carbocycles. The van der Waals surface area contributed by atoms with E-state index in [-0.39, 0.29) is 12.6 Å². The Bertz CT molecular complexity index is 1420. The van der Waals surface area contributed by atoms with E-state index in [1.54, 1.807) is 7.11 Å². The molecule has 8 nitrogen and oxygen atoms in total. The zero-order chi connectivity index (χ0) is 26.4. The number of rotatable bonds is 11. The van der Waals surface area contributed by atoms with Crippen LogP contribution in [0.3, 0.4) is 0 Å². The number of likely N-dealkylation sites (tertiary alicyclic amines) is 1. The molecule has 0 saturated carbocycles. The summed E-state index contributed by atoms with van der Waals surface area (Å²) in [4.78, 5) is 10.5. The molecule has 0 amide bonds. The van der Waals surface area contributed by atoms with Gasteiger partial charge in [-0.3, -0.25) is 4.90 Å². The Hall–Kier alpha value is -3.50. The SMILES string of the molecule is COc1ccc(-c2nc(-c3ccccc3)[nH]c2CCNS(=O)(=O)NC2CCN(Cc3ccccc3)C2)cc1. The average molecular weight is 532 g/mol. The monoisotopic (exact) mass is 531 g/mol. The lowest BCUT2D eigenvalue weighted by Gasteiger charge is -2.17. The van der Waals surface area contributed by atoms with Gasteiger partial charge in [-0.15, -0.1) is 0 Å². The molecule has 0 radical (unpaired) electrons. The fraction of sp³-hybridized carbons (Fsp3) is 0.276. The Morgan fingerprint density at radius 2 is 1.68 bits per heavy atom. The molecular formula is C29H33N5O3S. The highest BCUT2D eigenvalue weighted by Crippen LogP contribution is 2.28. The number of H-pyrrole nitrogens is 1. The van der Waals surface area contributed by atoms with Crippen LogP contribution in [0.4, 0.5) is 0 Å². The fourth-order valence-electron chi connectivity index (χ4n) is 4.80. The van der Waals surface area contributed by atoms with Gasteiger partial charge in [-0.25, -0.2) is 9.71 Å². The van der Waals surface area contributed by atoms with E-state index in [0.29, 0.717) is 13.0 Å². The van der Waals surface area contributed by atoms with E-state index in [0.717, 1.165) is 53.6 Å². The molecule has 3 N–H and O–H groups in total. The molecule has 198 valence electrons. The summed E-state index contributed by atoms with van der Waals surface area (Å²) >= 11 is 0. The second kappa shape index (κ2) is 11.9. The van der Waals surface area contributed by atoms with E-state index in [1.807, 2.05) is 72.8 Å². The summed E-state index contributed by atoms with van der Waals surface area (Å²) < 4.78 is 36.5. The van der Waals surface area contributed by atoms with Crippen LogP contribution in [0, 0.1) is 0 Å². The van der Waals surface area contributed by atoms with Crippen molar-refractivity contribution in [2.45, 2.75) is 25.4 Å². The fourth-order valence-corrected chi connectivity index (χ4v) is 5.88. The minimum atomic E-state index is -3.64. The highest BCUT2D eigenvalue weighted by atomic mass is 32.2. The Morgan fingerprint density at radius 1 is 0.974 bits per heavy atom. The van der Waals surface area contributed by atoms with Crippen LogP contribution in [0.15, 0.2) is 84.9 Å². The number of aromatic amines is 1. The number of benzene rings is 3. The van der Waals surface area contributed by atoms with Crippen molar-refractivity contribution < 1.29 is 13.2 Å². The van der Waals surface area contributed by atoms with Crippen LogP contribution in [0.1, 0.15) is 17.7 Å². The van der Waals surface area contributed by atoms with E-state index in [2.05, 4.69) is 31.5 Å². The number of imidazole rings is 1. The molecule has 1 unspecified atom stereocenters. The molecule has 1 aliphatic heterocycles. The van der Waals surface area contributed by atoms with Gasteiger partial charge < -0.3 is 9.72 Å². The predicted molar refractivity (Wildman–Crippen MR) is 150 cm³/mol. The van der Waals surface area contributed by atoms with Gasteiger partial charge >= 0.3 is 0 Å². The summed E-state index contributed by atoms with van der Waals surface area (Å²) in [6.07, 6.45) is 1.25. The maximum atomic E-state index is 12.8. The van der Waals surface area contributed by atoms with Gasteiger partial charge in [0.2, 0.25) is 0 Å². The standard InChI is InChI=1S/C29H33N5O3S/c1-37-26-14-12-23(13-15-26)28-27(31-29(32-28)24-10-6-3-7-11-24)16-18-30-38(35,36)33-25-17-19-34(21-25)20-22-8-4-2-5-9-22/h2-15,25,30,33H,16-21H2,1H3,(H,31,32). The number of ether oxygens (including phenoxy) is 1. The maximum absolute atomic E-state index is 12.8. The van der Waals surface area contributed by atoms with Gasteiger partial charge in [0.15, 0.2) is 0 Å². The number of hydrogen-bond acceptors (Lipinski definition) is 5. The van der Waals surface area contributed by atoms with Crippen molar-refractivity contribution >= 4 is 10.2 Å². The van der Waals surface area contributed by atoms with Gasteiger partial charge in [-0.1, -0.05) is 60.7 Å². The first-order valence-electron chi connectivity index (χ1n) is 12.8. The Kier molecular flexibility index (Phi) is 8.19. The first-order valence-corrected chi connectivity index (χ1v) is 14.3. The molecule has 0 aliphatic carbocycles. The number of hydrogen-bond donors (Lipinski definition) is 3. The Balaban J connectivity index is 1.22. The third kappa shape index (κ3) is 6.68. The molecule has 1 atom stereocenters. The van der Waals surface area contributed by atoms with Crippen LogP contribution >= 0.6 is 0 Å². The van der Waals surface area contributed by atoms with Gasteiger partial charge in [0.05, 0.1) is 12.8 Å². The van der Waals surface area contributed by atoms with Gasteiger partial charge in [-0.05, 0) is 36.2 Å². The summed E-state index contributed by atoms with van der Waals surface area (Å²) in [5.74, 6) is 1.51. The highest BCUT2D eigenvalue weighted by molar-refractivity contribution is 7.87. The maximum Gasteiger partial charge on any atom is 0.277 e. The third-order valence-corrected chi connectivity index (χ3v) is 7.93. The average Bonchev–Trinajstić information content (AvgIpc) is 3.56. The summed E-state index contributed by atoms with van der Waals surface area (Å²) in [5.41, 5.74) is 4.80. The van der Waals surface area contributed by atoms with Crippen molar-refractivity contribution in [3.63, 3.8) is 0 Å². The van der Waals surface area contributed by atoms with Crippen LogP contribution in [0.25, 0.3) is 22.6 Å². The van der Waals surface area contributed by atoms with Crippen molar-refractivity contribution in [3.8, 4) is 28.4 Å². The summed E-state index contributed by atoms with van der Waals surface area (Å²) in [6.45, 7) is 2.63. The number of nitrogens with zero attached hydrogens (tertiary/aromatic N) is 2. The lowest BCUT2D eigenvalue weighted by Crippen LogP contribution is -2.44. The van der Waals surface area contributed by atoms with Gasteiger partial charge in [0, 0.05) is 55.5 Å². The first-order chi connectivity index (χ1) is 18.5. The molecule has 1 aliphatic rings. The molecule has 1 fully saturated rings. The summed E-state index contributed by atoms with van der Waals surface area (Å²) in [7, 11) is -2.01. The van der Waals surface area contributed by atoms with Gasteiger partial charge in [-0.2, -0.15) is 13.1 Å². The van der Waals surface area contributed by atoms with E-state index in [4.69, 9.17) is 9.72 Å². The minimum Gasteiger partial charge on any atom is -0.497 e. The number of aromatic nitrogens is 2. The van der Waals surface area contributed by atoms with Crippen LogP contribution in [-0.4, -0.2) is 56.1 Å². The van der Waals surface area contributed by atoms with E-state index in [9.17, 15) is 8.42 Å². The van der Waals surface area contributed by atoms with Crippen LogP contribution in [0.2, 0.25) is 0 Å². The van der Waals surface area contributed by atoms with Crippen molar-refractivity contribution in [3.05, 3.63) is 96.2 Å². The van der Waals surface area contributed by atoms with Crippen molar-refractivity contribution in [2.75, 3.05) is 26.7 Å². The zero-order valence-corrected chi connectivity index (χ0v) is 22.2. The normalized spacial score (nSPS) is 16.1. The summed E-state index contributed by atoms with van der Waals surface area (Å²) in [6, 6.07) is 27.7. The van der Waals surface area contributed by atoms with Crippen molar-refractivity contribution in [2.24, 2.45) is 0 Å². The minimum absolute atomic E-state index is 0.108. The molecule has 0 bridgehead atoms. The quantitative estimate of drug-likeness (QED) is 0.272. The second-order valence-electron chi connectivity index (χ2n) is 9.48. The molecular weight excluding hydrogens is 498 g/mol. The molecule has 0 spiro atoms. The number of methoxy groups -OCH3 is 1. The Morgan fingerprint density at radius 3 is 2.39 bits per heavy atom. The number of nitrogens with one attached hydrogen (secondary N) is 3. The lowest BCUT2D eigenvalue weighted by atomic mass is 10.1. The van der Waals surface area contributed by atoms with Gasteiger partial charge in [0.1, 0.15) is 11.6 Å². The molecule has 1 saturated heterocycles.